The van der Waals surface area contributed by atoms with Crippen LogP contribution in [0.15, 0.2) is 30.6 Å². The summed E-state index contributed by atoms with van der Waals surface area (Å²) in [6, 6.07) is 7.95. The Morgan fingerprint density at radius 1 is 1.48 bits per heavy atom. The van der Waals surface area contributed by atoms with Gasteiger partial charge >= 0.3 is 5.97 Å². The Kier molecular flexibility index (Phi) is 3.45. The molecule has 1 aromatic heterocycles. The van der Waals surface area contributed by atoms with E-state index in [2.05, 4.69) is 10.3 Å². The van der Waals surface area contributed by atoms with E-state index in [4.69, 9.17) is 0 Å². The van der Waals surface area contributed by atoms with Crippen molar-refractivity contribution >= 4 is 17.0 Å². The number of benzene rings is 1. The van der Waals surface area contributed by atoms with Crippen molar-refractivity contribution in [1.82, 2.24) is 14.9 Å². The molecular formula is C16H21N3O2. The monoisotopic (exact) mass is 287 g/mol. The number of aromatic nitrogens is 2. The summed E-state index contributed by atoms with van der Waals surface area (Å²) < 4.78 is 1.96. The van der Waals surface area contributed by atoms with Crippen LogP contribution in [0.3, 0.4) is 0 Å². The minimum absolute atomic E-state index is 0.122. The van der Waals surface area contributed by atoms with E-state index >= 15 is 0 Å². The number of fused-ring (bicyclic) bond motifs is 1. The second-order valence-corrected chi connectivity index (χ2v) is 6.21. The molecule has 1 aliphatic carbocycles. The quantitative estimate of drug-likeness (QED) is 0.855. The van der Waals surface area contributed by atoms with Gasteiger partial charge in [0, 0.05) is 6.04 Å². The minimum atomic E-state index is -0.905. The van der Waals surface area contributed by atoms with E-state index in [9.17, 15) is 9.90 Å². The molecule has 0 spiro atoms. The second kappa shape index (κ2) is 5.15. The number of carbonyl (C=O) groups is 1. The molecule has 1 aliphatic rings. The number of para-hydroxylation sites is 2. The molecule has 0 saturated heterocycles. The number of nitrogens with one attached hydrogen (secondary N) is 1. The minimum Gasteiger partial charge on any atom is -0.480 e. The molecular weight excluding hydrogens is 266 g/mol. The largest absolute Gasteiger partial charge is 0.480 e. The SMILES string of the molecule is CC(C)NC(Cn1cnc2ccccc21)(C(=O)O)C1CC1. The third-order valence-corrected chi connectivity index (χ3v) is 4.15. The number of hydrogen-bond donors (Lipinski definition) is 2. The summed E-state index contributed by atoms with van der Waals surface area (Å²) in [4.78, 5) is 16.4. The van der Waals surface area contributed by atoms with Crippen LogP contribution < -0.4 is 5.32 Å². The van der Waals surface area contributed by atoms with Gasteiger partial charge in [-0.25, -0.2) is 4.98 Å². The number of imidazole rings is 1. The van der Waals surface area contributed by atoms with Gasteiger partial charge in [-0.1, -0.05) is 12.1 Å². The molecule has 1 heterocycles. The van der Waals surface area contributed by atoms with Crippen LogP contribution in [0, 0.1) is 5.92 Å². The van der Waals surface area contributed by atoms with Crippen LogP contribution in [0.4, 0.5) is 0 Å². The Balaban J connectivity index is 1.99. The van der Waals surface area contributed by atoms with Crippen LogP contribution in [0.5, 0.6) is 0 Å². The standard InChI is InChI=1S/C16H21N3O2/c1-11(2)18-16(15(20)21,12-7-8-12)9-19-10-17-13-5-3-4-6-14(13)19/h3-6,10-12,18H,7-9H2,1-2H3,(H,20,21). The first-order valence-corrected chi connectivity index (χ1v) is 7.44. The Morgan fingerprint density at radius 2 is 2.19 bits per heavy atom. The maximum atomic E-state index is 12.0. The van der Waals surface area contributed by atoms with Crippen molar-refractivity contribution in [1.29, 1.82) is 0 Å². The van der Waals surface area contributed by atoms with Gasteiger partial charge < -0.3 is 9.67 Å². The van der Waals surface area contributed by atoms with Crippen molar-refractivity contribution in [3.63, 3.8) is 0 Å². The second-order valence-electron chi connectivity index (χ2n) is 6.21. The van der Waals surface area contributed by atoms with Crippen LogP contribution in [0.25, 0.3) is 11.0 Å². The van der Waals surface area contributed by atoms with Crippen LogP contribution >= 0.6 is 0 Å². The molecule has 21 heavy (non-hydrogen) atoms. The normalized spacial score (nSPS) is 18.0. The van der Waals surface area contributed by atoms with E-state index in [1.54, 1.807) is 6.33 Å². The number of carboxylic acid groups (broad SMARTS) is 1. The Morgan fingerprint density at radius 3 is 2.81 bits per heavy atom. The molecule has 3 rings (SSSR count). The summed E-state index contributed by atoms with van der Waals surface area (Å²) in [6.07, 6.45) is 3.68. The maximum absolute atomic E-state index is 12.0. The topological polar surface area (TPSA) is 67.2 Å². The summed E-state index contributed by atoms with van der Waals surface area (Å²) >= 11 is 0. The summed E-state index contributed by atoms with van der Waals surface area (Å²) in [7, 11) is 0. The van der Waals surface area contributed by atoms with Gasteiger partial charge in [-0.3, -0.25) is 10.1 Å². The number of rotatable bonds is 6. The van der Waals surface area contributed by atoms with Crippen LogP contribution in [0.2, 0.25) is 0 Å². The lowest BCUT2D eigenvalue weighted by atomic mass is 9.91. The predicted molar refractivity (Wildman–Crippen MR) is 81.1 cm³/mol. The van der Waals surface area contributed by atoms with E-state index < -0.39 is 11.5 Å². The summed E-state index contributed by atoms with van der Waals surface area (Å²) in [5.74, 6) is -0.574. The highest BCUT2D eigenvalue weighted by Gasteiger charge is 2.51. The molecule has 112 valence electrons. The fraction of sp³-hybridized carbons (Fsp3) is 0.500. The van der Waals surface area contributed by atoms with E-state index in [-0.39, 0.29) is 12.0 Å². The zero-order valence-corrected chi connectivity index (χ0v) is 12.4. The lowest BCUT2D eigenvalue weighted by Gasteiger charge is -2.33. The smallest absolute Gasteiger partial charge is 0.326 e. The highest BCUT2D eigenvalue weighted by molar-refractivity contribution is 5.81. The highest BCUT2D eigenvalue weighted by Crippen LogP contribution is 2.41. The molecule has 2 aromatic rings. The van der Waals surface area contributed by atoms with E-state index in [1.807, 2.05) is 42.7 Å². The van der Waals surface area contributed by atoms with E-state index in [0.717, 1.165) is 23.9 Å². The fourth-order valence-corrected chi connectivity index (χ4v) is 3.09. The van der Waals surface area contributed by atoms with Crippen LogP contribution in [0.1, 0.15) is 26.7 Å². The molecule has 5 heteroatoms. The third-order valence-electron chi connectivity index (χ3n) is 4.15. The van der Waals surface area contributed by atoms with Crippen molar-refractivity contribution in [3.8, 4) is 0 Å². The molecule has 0 amide bonds. The van der Waals surface area contributed by atoms with Crippen LogP contribution in [-0.2, 0) is 11.3 Å². The van der Waals surface area contributed by atoms with Gasteiger partial charge in [0.1, 0.15) is 5.54 Å². The van der Waals surface area contributed by atoms with Gasteiger partial charge in [-0.2, -0.15) is 0 Å². The zero-order chi connectivity index (χ0) is 15.0. The molecule has 1 saturated carbocycles. The van der Waals surface area contributed by atoms with Gasteiger partial charge in [0.25, 0.3) is 0 Å². The van der Waals surface area contributed by atoms with Gasteiger partial charge in [0.2, 0.25) is 0 Å². The first-order valence-electron chi connectivity index (χ1n) is 7.44. The van der Waals surface area contributed by atoms with Crippen molar-refractivity contribution in [2.75, 3.05) is 0 Å². The first kappa shape index (κ1) is 14.1. The maximum Gasteiger partial charge on any atom is 0.326 e. The Hall–Kier alpha value is -1.88. The lowest BCUT2D eigenvalue weighted by molar-refractivity contribution is -0.147. The summed E-state index contributed by atoms with van der Waals surface area (Å²) in [5.41, 5.74) is 0.976. The fourth-order valence-electron chi connectivity index (χ4n) is 3.09. The molecule has 0 bridgehead atoms. The molecule has 0 aliphatic heterocycles. The molecule has 1 fully saturated rings. The molecule has 2 N–H and O–H groups in total. The highest BCUT2D eigenvalue weighted by atomic mass is 16.4. The van der Waals surface area contributed by atoms with Gasteiger partial charge in [-0.05, 0) is 44.7 Å². The zero-order valence-electron chi connectivity index (χ0n) is 12.4. The number of carboxylic acids is 1. The summed E-state index contributed by atoms with van der Waals surface area (Å²) in [5, 5.41) is 13.2. The van der Waals surface area contributed by atoms with Gasteiger partial charge in [0.05, 0.1) is 23.9 Å². The Bertz CT molecular complexity index is 660. The van der Waals surface area contributed by atoms with Crippen molar-refractivity contribution < 1.29 is 9.90 Å². The lowest BCUT2D eigenvalue weighted by Crippen LogP contribution is -2.59. The molecule has 0 radical (unpaired) electrons. The van der Waals surface area contributed by atoms with E-state index in [1.165, 1.54) is 0 Å². The average molecular weight is 287 g/mol. The molecule has 1 atom stereocenters. The van der Waals surface area contributed by atoms with Gasteiger partial charge in [0.15, 0.2) is 0 Å². The predicted octanol–water partition coefficient (Wildman–Crippen LogP) is 2.27. The first-order chi connectivity index (χ1) is 10.0. The number of hydrogen-bond acceptors (Lipinski definition) is 3. The molecule has 5 nitrogen and oxygen atoms in total. The van der Waals surface area contributed by atoms with Gasteiger partial charge in [-0.15, -0.1) is 0 Å². The average Bonchev–Trinajstić information content (AvgIpc) is 3.21. The molecule has 1 aromatic carbocycles. The van der Waals surface area contributed by atoms with Crippen molar-refractivity contribution in [2.24, 2.45) is 5.92 Å². The molecule has 1 unspecified atom stereocenters. The van der Waals surface area contributed by atoms with Crippen LogP contribution in [-0.4, -0.2) is 32.2 Å². The number of aliphatic carboxylic acids is 1. The van der Waals surface area contributed by atoms with E-state index in [0.29, 0.717) is 6.54 Å². The third kappa shape index (κ3) is 2.53. The number of nitrogens with zero attached hydrogens (tertiary/aromatic N) is 2. The Labute approximate surface area is 124 Å². The summed E-state index contributed by atoms with van der Waals surface area (Å²) in [6.45, 7) is 4.39. The van der Waals surface area contributed by atoms with Crippen molar-refractivity contribution in [3.05, 3.63) is 30.6 Å². The van der Waals surface area contributed by atoms with Crippen molar-refractivity contribution in [2.45, 2.75) is 44.8 Å².